The molecule has 1 N–H and O–H groups in total. The summed E-state index contributed by atoms with van der Waals surface area (Å²) in [6.45, 7) is 5.77. The Labute approximate surface area is 139 Å². The van der Waals surface area contributed by atoms with Gasteiger partial charge in [-0.25, -0.2) is 9.97 Å². The van der Waals surface area contributed by atoms with Crippen molar-refractivity contribution in [3.8, 4) is 11.5 Å². The van der Waals surface area contributed by atoms with Gasteiger partial charge in [0.1, 0.15) is 11.5 Å². The second-order valence-electron chi connectivity index (χ2n) is 5.53. The van der Waals surface area contributed by atoms with Gasteiger partial charge in [-0.3, -0.25) is 4.79 Å². The molecule has 3 rings (SSSR count). The highest BCUT2D eigenvalue weighted by Gasteiger charge is 2.16. The Bertz CT molecular complexity index is 850. The van der Waals surface area contributed by atoms with Crippen LogP contribution in [0.5, 0.6) is 0 Å². The van der Waals surface area contributed by atoms with Gasteiger partial charge in [-0.1, -0.05) is 18.2 Å². The zero-order valence-corrected chi connectivity index (χ0v) is 13.9. The lowest BCUT2D eigenvalue weighted by atomic mass is 10.2. The summed E-state index contributed by atoms with van der Waals surface area (Å²) in [5.41, 5.74) is 2.10. The molecule has 2 heterocycles. The number of hydrogen-bond donors (Lipinski definition) is 1. The van der Waals surface area contributed by atoms with Crippen LogP contribution in [-0.2, 0) is 6.42 Å². The number of nitrogens with zero attached hydrogens (tertiary/aromatic N) is 2. The van der Waals surface area contributed by atoms with Crippen LogP contribution in [0.2, 0.25) is 0 Å². The van der Waals surface area contributed by atoms with Crippen molar-refractivity contribution in [2.24, 2.45) is 0 Å². The lowest BCUT2D eigenvalue weighted by Crippen LogP contribution is -2.26. The molecule has 0 saturated heterocycles. The van der Waals surface area contributed by atoms with Gasteiger partial charge in [-0.15, -0.1) is 0 Å². The van der Waals surface area contributed by atoms with Gasteiger partial charge in [0.05, 0.1) is 5.69 Å². The Morgan fingerprint density at radius 2 is 1.79 bits per heavy atom. The van der Waals surface area contributed by atoms with Crippen molar-refractivity contribution in [3.05, 3.63) is 59.1 Å². The van der Waals surface area contributed by atoms with Gasteiger partial charge in [0.2, 0.25) is 5.89 Å². The second kappa shape index (κ2) is 6.70. The van der Waals surface area contributed by atoms with Gasteiger partial charge in [0, 0.05) is 25.5 Å². The van der Waals surface area contributed by atoms with E-state index in [1.807, 2.05) is 37.3 Å². The SMILES string of the molecule is Cc1nc(C(=O)NCCc2nc(-c3ccccc3)oc2C)c(C)o1. The van der Waals surface area contributed by atoms with Crippen molar-refractivity contribution in [2.45, 2.75) is 27.2 Å². The maximum atomic E-state index is 12.1. The van der Waals surface area contributed by atoms with E-state index in [1.165, 1.54) is 0 Å². The van der Waals surface area contributed by atoms with E-state index in [2.05, 4.69) is 15.3 Å². The van der Waals surface area contributed by atoms with Gasteiger partial charge >= 0.3 is 0 Å². The molecular formula is C18H19N3O3. The molecule has 1 aromatic carbocycles. The smallest absolute Gasteiger partial charge is 0.273 e. The highest BCUT2D eigenvalue weighted by molar-refractivity contribution is 5.93. The molecule has 0 unspecified atom stereocenters. The van der Waals surface area contributed by atoms with Gasteiger partial charge in [-0.05, 0) is 26.0 Å². The van der Waals surface area contributed by atoms with E-state index in [0.717, 1.165) is 17.0 Å². The normalized spacial score (nSPS) is 10.8. The lowest BCUT2D eigenvalue weighted by Gasteiger charge is -2.02. The summed E-state index contributed by atoms with van der Waals surface area (Å²) >= 11 is 0. The molecule has 0 saturated carbocycles. The van der Waals surface area contributed by atoms with Gasteiger partial charge in [0.25, 0.3) is 5.91 Å². The minimum absolute atomic E-state index is 0.242. The topological polar surface area (TPSA) is 81.2 Å². The molecule has 0 radical (unpaired) electrons. The number of oxazole rings is 2. The maximum Gasteiger partial charge on any atom is 0.273 e. The van der Waals surface area contributed by atoms with E-state index in [1.54, 1.807) is 13.8 Å². The summed E-state index contributed by atoms with van der Waals surface area (Å²) in [7, 11) is 0. The van der Waals surface area contributed by atoms with Crippen LogP contribution in [0.1, 0.15) is 33.6 Å². The van der Waals surface area contributed by atoms with E-state index < -0.39 is 0 Å². The van der Waals surface area contributed by atoms with Crippen LogP contribution in [0, 0.1) is 20.8 Å². The monoisotopic (exact) mass is 325 g/mol. The van der Waals surface area contributed by atoms with Crippen LogP contribution in [0.4, 0.5) is 0 Å². The fourth-order valence-electron chi connectivity index (χ4n) is 2.48. The Morgan fingerprint density at radius 1 is 1.04 bits per heavy atom. The average Bonchev–Trinajstić information content (AvgIpc) is 3.10. The summed E-state index contributed by atoms with van der Waals surface area (Å²) in [6.07, 6.45) is 0.587. The summed E-state index contributed by atoms with van der Waals surface area (Å²) in [5, 5.41) is 2.83. The molecule has 1 amide bonds. The number of amides is 1. The first-order chi connectivity index (χ1) is 11.5. The van der Waals surface area contributed by atoms with Gasteiger partial charge in [-0.2, -0.15) is 0 Å². The fraction of sp³-hybridized carbons (Fsp3) is 0.278. The van der Waals surface area contributed by atoms with Crippen molar-refractivity contribution in [3.63, 3.8) is 0 Å². The Morgan fingerprint density at radius 3 is 2.46 bits per heavy atom. The number of carbonyl (C=O) groups is 1. The van der Waals surface area contributed by atoms with Crippen LogP contribution in [0.3, 0.4) is 0 Å². The minimum Gasteiger partial charge on any atom is -0.445 e. The average molecular weight is 325 g/mol. The highest BCUT2D eigenvalue weighted by Crippen LogP contribution is 2.21. The van der Waals surface area contributed by atoms with Crippen LogP contribution in [0.25, 0.3) is 11.5 Å². The van der Waals surface area contributed by atoms with Crippen molar-refractivity contribution in [2.75, 3.05) is 6.54 Å². The number of hydrogen-bond acceptors (Lipinski definition) is 5. The minimum atomic E-state index is -0.242. The molecular weight excluding hydrogens is 306 g/mol. The summed E-state index contributed by atoms with van der Waals surface area (Å²) in [5.74, 6) is 2.12. The first kappa shape index (κ1) is 16.0. The van der Waals surface area contributed by atoms with Crippen molar-refractivity contribution < 1.29 is 13.6 Å². The molecule has 0 aliphatic rings. The summed E-state index contributed by atoms with van der Waals surface area (Å²) < 4.78 is 11.0. The van der Waals surface area contributed by atoms with E-state index in [0.29, 0.717) is 36.2 Å². The summed E-state index contributed by atoms with van der Waals surface area (Å²) in [4.78, 5) is 20.7. The Balaban J connectivity index is 1.62. The number of nitrogens with one attached hydrogen (secondary N) is 1. The third-order valence-corrected chi connectivity index (χ3v) is 3.68. The van der Waals surface area contributed by atoms with E-state index in [-0.39, 0.29) is 5.91 Å². The molecule has 6 nitrogen and oxygen atoms in total. The van der Waals surface area contributed by atoms with Crippen molar-refractivity contribution in [1.29, 1.82) is 0 Å². The van der Waals surface area contributed by atoms with E-state index in [9.17, 15) is 4.79 Å². The molecule has 0 spiro atoms. The number of aromatic nitrogens is 2. The van der Waals surface area contributed by atoms with Crippen molar-refractivity contribution in [1.82, 2.24) is 15.3 Å². The van der Waals surface area contributed by atoms with Gasteiger partial charge < -0.3 is 14.2 Å². The van der Waals surface area contributed by atoms with E-state index in [4.69, 9.17) is 8.83 Å². The zero-order valence-electron chi connectivity index (χ0n) is 13.9. The fourth-order valence-corrected chi connectivity index (χ4v) is 2.48. The largest absolute Gasteiger partial charge is 0.445 e. The molecule has 0 aliphatic carbocycles. The lowest BCUT2D eigenvalue weighted by molar-refractivity contribution is 0.0948. The van der Waals surface area contributed by atoms with Gasteiger partial charge in [0.15, 0.2) is 11.6 Å². The van der Waals surface area contributed by atoms with Crippen LogP contribution >= 0.6 is 0 Å². The second-order valence-corrected chi connectivity index (χ2v) is 5.53. The highest BCUT2D eigenvalue weighted by atomic mass is 16.4. The summed E-state index contributed by atoms with van der Waals surface area (Å²) in [6, 6.07) is 9.73. The maximum absolute atomic E-state index is 12.1. The number of carbonyl (C=O) groups excluding carboxylic acids is 1. The van der Waals surface area contributed by atoms with Crippen LogP contribution in [-0.4, -0.2) is 22.4 Å². The first-order valence-corrected chi connectivity index (χ1v) is 7.78. The quantitative estimate of drug-likeness (QED) is 0.779. The van der Waals surface area contributed by atoms with E-state index >= 15 is 0 Å². The molecule has 3 aromatic rings. The molecule has 0 fully saturated rings. The molecule has 0 aliphatic heterocycles. The van der Waals surface area contributed by atoms with Crippen molar-refractivity contribution >= 4 is 5.91 Å². The third kappa shape index (κ3) is 3.37. The number of rotatable bonds is 5. The Hall–Kier alpha value is -2.89. The number of aryl methyl sites for hydroxylation is 3. The third-order valence-electron chi connectivity index (χ3n) is 3.68. The molecule has 24 heavy (non-hydrogen) atoms. The molecule has 2 aromatic heterocycles. The van der Waals surface area contributed by atoms with Crippen LogP contribution in [0.15, 0.2) is 39.2 Å². The first-order valence-electron chi connectivity index (χ1n) is 7.78. The zero-order chi connectivity index (χ0) is 17.1. The standard InChI is InChI=1S/C18H19N3O3/c1-11-15(21-18(24-11)14-7-5-4-6-8-14)9-10-19-17(22)16-12(2)23-13(3)20-16/h4-8H,9-10H2,1-3H3,(H,19,22). The molecule has 0 bridgehead atoms. The molecule has 6 heteroatoms. The Kier molecular flexibility index (Phi) is 4.46. The molecule has 124 valence electrons. The molecule has 0 atom stereocenters. The predicted octanol–water partition coefficient (Wildman–Crippen LogP) is 3.23. The predicted molar refractivity (Wildman–Crippen MR) is 88.7 cm³/mol. The number of benzene rings is 1. The van der Waals surface area contributed by atoms with Crippen LogP contribution < -0.4 is 5.32 Å².